The Kier molecular flexibility index (Phi) is 6.13. The van der Waals surface area contributed by atoms with Crippen LogP contribution in [0.5, 0.6) is 11.6 Å². The quantitative estimate of drug-likeness (QED) is 0.366. The Hall–Kier alpha value is -4.10. The van der Waals surface area contributed by atoms with Gasteiger partial charge < -0.3 is 4.74 Å². The van der Waals surface area contributed by atoms with Gasteiger partial charge in [0.25, 0.3) is 10.0 Å². The number of alkyl halides is 3. The van der Waals surface area contributed by atoms with Gasteiger partial charge in [0.15, 0.2) is 17.3 Å². The van der Waals surface area contributed by atoms with Crippen LogP contribution in [0.2, 0.25) is 0 Å². The Morgan fingerprint density at radius 2 is 1.86 bits per heavy atom. The van der Waals surface area contributed by atoms with E-state index in [1.807, 2.05) is 0 Å². The molecule has 9 nitrogen and oxygen atoms in total. The summed E-state index contributed by atoms with van der Waals surface area (Å²) < 4.78 is 104. The van der Waals surface area contributed by atoms with Crippen LogP contribution in [0.3, 0.4) is 0 Å². The third kappa shape index (κ3) is 5.05. The number of aromatic nitrogens is 4. The van der Waals surface area contributed by atoms with Crippen LogP contribution in [-0.2, 0) is 16.2 Å². The van der Waals surface area contributed by atoms with Gasteiger partial charge in [0.05, 0.1) is 16.1 Å². The van der Waals surface area contributed by atoms with Crippen molar-refractivity contribution in [2.45, 2.75) is 11.1 Å². The van der Waals surface area contributed by atoms with Gasteiger partial charge in [-0.25, -0.2) is 26.9 Å². The second-order valence-corrected chi connectivity index (χ2v) is 9.06. The number of ether oxygens (including phenoxy) is 1. The van der Waals surface area contributed by atoms with Gasteiger partial charge in [-0.3, -0.25) is 4.72 Å². The summed E-state index contributed by atoms with van der Waals surface area (Å²) in [5, 5.41) is 12.8. The summed E-state index contributed by atoms with van der Waals surface area (Å²) >= 11 is 0.772. The van der Waals surface area contributed by atoms with Crippen LogP contribution in [0.1, 0.15) is 11.3 Å². The molecule has 16 heteroatoms. The lowest BCUT2D eigenvalue weighted by Gasteiger charge is -2.11. The van der Waals surface area contributed by atoms with Crippen molar-refractivity contribution in [3.05, 3.63) is 71.7 Å². The molecular formula is C19H9F5N6O3S2. The number of rotatable bonds is 6. The van der Waals surface area contributed by atoms with Crippen LogP contribution in [-0.4, -0.2) is 27.6 Å². The molecule has 0 saturated heterocycles. The molecular weight excluding hydrogens is 519 g/mol. The van der Waals surface area contributed by atoms with E-state index in [0.717, 1.165) is 42.1 Å². The molecule has 4 rings (SSSR count). The highest BCUT2D eigenvalue weighted by Gasteiger charge is 2.36. The Morgan fingerprint density at radius 1 is 1.09 bits per heavy atom. The van der Waals surface area contributed by atoms with Crippen LogP contribution < -0.4 is 9.46 Å². The first-order valence-electron chi connectivity index (χ1n) is 9.12. The van der Waals surface area contributed by atoms with Gasteiger partial charge in [0.2, 0.25) is 11.0 Å². The van der Waals surface area contributed by atoms with Crippen molar-refractivity contribution >= 4 is 26.7 Å². The Bertz CT molecular complexity index is 1550. The molecule has 0 aliphatic heterocycles. The van der Waals surface area contributed by atoms with E-state index < -0.39 is 39.4 Å². The van der Waals surface area contributed by atoms with Gasteiger partial charge in [-0.05, 0) is 30.3 Å². The lowest BCUT2D eigenvalue weighted by molar-refractivity contribution is -0.141. The fraction of sp³-hybridized carbons (Fsp3) is 0.0526. The molecule has 0 fully saturated rings. The SMILES string of the molecule is N#Cc1cc(S(=O)(=O)Nc2ncns2)ccc1Oc1cc(C(F)(F)F)nn1-c1ccc(F)c(F)c1. The second kappa shape index (κ2) is 8.92. The van der Waals surface area contributed by atoms with Crippen molar-refractivity contribution < 1.29 is 35.1 Å². The molecule has 0 unspecified atom stereocenters. The number of anilines is 1. The van der Waals surface area contributed by atoms with Crippen LogP contribution in [0, 0.1) is 23.0 Å². The fourth-order valence-electron chi connectivity index (χ4n) is 2.73. The minimum absolute atomic E-state index is 0.0288. The van der Waals surface area contributed by atoms with Gasteiger partial charge in [-0.2, -0.15) is 27.9 Å². The number of hydrogen-bond acceptors (Lipinski definition) is 8. The molecule has 0 saturated carbocycles. The average molecular weight is 528 g/mol. The minimum Gasteiger partial charge on any atom is -0.438 e. The number of nitrogens with one attached hydrogen (secondary N) is 1. The van der Waals surface area contributed by atoms with Gasteiger partial charge in [-0.15, -0.1) is 0 Å². The van der Waals surface area contributed by atoms with Crippen LogP contribution in [0.4, 0.5) is 27.1 Å². The Labute approximate surface area is 197 Å². The normalized spacial score (nSPS) is 11.8. The topological polar surface area (TPSA) is 123 Å². The van der Waals surface area contributed by atoms with Gasteiger partial charge in [-0.1, -0.05) is 0 Å². The largest absolute Gasteiger partial charge is 0.438 e. The lowest BCUT2D eigenvalue weighted by atomic mass is 10.2. The average Bonchev–Trinajstić information content (AvgIpc) is 3.45. The third-order valence-corrected chi connectivity index (χ3v) is 6.34. The van der Waals surface area contributed by atoms with Crippen LogP contribution >= 0.6 is 11.5 Å². The first kappa shape index (κ1) is 24.0. The summed E-state index contributed by atoms with van der Waals surface area (Å²) in [7, 11) is -4.17. The van der Waals surface area contributed by atoms with Crippen molar-refractivity contribution in [2.24, 2.45) is 0 Å². The van der Waals surface area contributed by atoms with E-state index in [4.69, 9.17) is 4.74 Å². The molecule has 2 aromatic carbocycles. The van der Waals surface area contributed by atoms with Crippen molar-refractivity contribution in [2.75, 3.05) is 4.72 Å². The predicted octanol–water partition coefficient (Wildman–Crippen LogP) is 4.49. The minimum atomic E-state index is -4.91. The number of hydrogen-bond donors (Lipinski definition) is 1. The molecule has 4 aromatic rings. The van der Waals surface area contributed by atoms with Crippen LogP contribution in [0.25, 0.3) is 5.69 Å². The van der Waals surface area contributed by atoms with E-state index in [0.29, 0.717) is 22.9 Å². The van der Waals surface area contributed by atoms with Gasteiger partial charge in [0.1, 0.15) is 18.1 Å². The van der Waals surface area contributed by atoms with Crippen molar-refractivity contribution in [3.63, 3.8) is 0 Å². The molecule has 2 aromatic heterocycles. The highest BCUT2D eigenvalue weighted by atomic mass is 32.2. The summed E-state index contributed by atoms with van der Waals surface area (Å²) in [6.45, 7) is 0. The number of benzene rings is 2. The van der Waals surface area contributed by atoms with Crippen molar-refractivity contribution in [1.29, 1.82) is 5.26 Å². The number of nitrogens with zero attached hydrogens (tertiary/aromatic N) is 5. The van der Waals surface area contributed by atoms with E-state index in [-0.39, 0.29) is 27.0 Å². The van der Waals surface area contributed by atoms with E-state index in [1.54, 1.807) is 6.07 Å². The fourth-order valence-corrected chi connectivity index (χ4v) is 4.42. The van der Waals surface area contributed by atoms with E-state index in [2.05, 4.69) is 19.2 Å². The molecule has 2 heterocycles. The van der Waals surface area contributed by atoms with Crippen LogP contribution in [0.15, 0.2) is 53.7 Å². The molecule has 0 spiro atoms. The molecule has 0 amide bonds. The first-order chi connectivity index (χ1) is 16.5. The monoisotopic (exact) mass is 528 g/mol. The second-order valence-electron chi connectivity index (χ2n) is 6.60. The maximum Gasteiger partial charge on any atom is 0.435 e. The smallest absolute Gasteiger partial charge is 0.435 e. The standard InChI is InChI=1S/C19H9F5N6O3S2/c20-13-3-1-11(6-14(13)21)30-17(7-16(28-30)19(22,23)24)33-15-4-2-12(5-10(15)8-25)35(31,32)29-18-26-9-27-34-18/h1-7,9H,(H,26,27,29). The first-order valence-corrected chi connectivity index (χ1v) is 11.4. The van der Waals surface area contributed by atoms with E-state index in [1.165, 1.54) is 0 Å². The van der Waals surface area contributed by atoms with Gasteiger partial charge in [0, 0.05) is 23.7 Å². The Balaban J connectivity index is 1.73. The number of nitriles is 1. The maximum atomic E-state index is 13.7. The summed E-state index contributed by atoms with van der Waals surface area (Å²) in [6, 6.07) is 7.47. The molecule has 0 bridgehead atoms. The molecule has 180 valence electrons. The predicted molar refractivity (Wildman–Crippen MR) is 110 cm³/mol. The molecule has 0 atom stereocenters. The number of halogens is 5. The highest BCUT2D eigenvalue weighted by molar-refractivity contribution is 7.93. The summed E-state index contributed by atoms with van der Waals surface area (Å²) in [4.78, 5) is 3.33. The molecule has 1 N–H and O–H groups in total. The summed E-state index contributed by atoms with van der Waals surface area (Å²) in [6.07, 6.45) is -3.78. The third-order valence-electron chi connectivity index (χ3n) is 4.29. The lowest BCUT2D eigenvalue weighted by Crippen LogP contribution is -2.13. The van der Waals surface area contributed by atoms with E-state index >= 15 is 0 Å². The van der Waals surface area contributed by atoms with E-state index in [9.17, 15) is 35.6 Å². The van der Waals surface area contributed by atoms with Crippen molar-refractivity contribution in [3.8, 4) is 23.4 Å². The molecule has 0 aliphatic carbocycles. The molecule has 0 aliphatic rings. The molecule has 0 radical (unpaired) electrons. The zero-order valence-corrected chi connectivity index (χ0v) is 18.4. The zero-order valence-electron chi connectivity index (χ0n) is 16.8. The Morgan fingerprint density at radius 3 is 2.49 bits per heavy atom. The molecule has 35 heavy (non-hydrogen) atoms. The summed E-state index contributed by atoms with van der Waals surface area (Å²) in [5.74, 6) is -3.49. The highest BCUT2D eigenvalue weighted by Crippen LogP contribution is 2.35. The maximum absolute atomic E-state index is 13.7. The summed E-state index contributed by atoms with van der Waals surface area (Å²) in [5.41, 5.74) is -2.05. The zero-order chi connectivity index (χ0) is 25.4. The van der Waals surface area contributed by atoms with Gasteiger partial charge >= 0.3 is 6.18 Å². The number of sulfonamides is 1. The van der Waals surface area contributed by atoms with Crippen molar-refractivity contribution in [1.82, 2.24) is 19.1 Å².